The van der Waals surface area contributed by atoms with Crippen LogP contribution < -0.4 is 10.0 Å². The molecule has 0 radical (unpaired) electrons. The maximum absolute atomic E-state index is 12.2. The Morgan fingerprint density at radius 2 is 1.85 bits per heavy atom. The van der Waals surface area contributed by atoms with Crippen LogP contribution in [0.15, 0.2) is 69.4 Å². The van der Waals surface area contributed by atoms with Gasteiger partial charge in [-0.15, -0.1) is 11.8 Å². The topological polar surface area (TPSA) is 87.6 Å². The van der Waals surface area contributed by atoms with E-state index in [-0.39, 0.29) is 16.6 Å². The number of hydrogen-bond donors (Lipinski definition) is 2. The zero-order chi connectivity index (χ0) is 18.6. The molecule has 0 saturated heterocycles. The second kappa shape index (κ2) is 7.92. The number of carbonyl (C=O) groups excluding carboxylic acids is 1. The lowest BCUT2D eigenvalue weighted by molar-refractivity contribution is -0.121. The molecule has 0 unspecified atom stereocenters. The summed E-state index contributed by atoms with van der Waals surface area (Å²) in [5, 5.41) is 2.83. The van der Waals surface area contributed by atoms with Crippen LogP contribution in [0.25, 0.3) is 0 Å². The number of amidine groups is 1. The highest BCUT2D eigenvalue weighted by Crippen LogP contribution is 2.22. The summed E-state index contributed by atoms with van der Waals surface area (Å²) in [5.41, 5.74) is 0.492. The second-order valence-electron chi connectivity index (χ2n) is 5.71. The van der Waals surface area contributed by atoms with Crippen molar-refractivity contribution in [2.45, 2.75) is 22.8 Å². The number of fused-ring (bicyclic) bond motifs is 1. The minimum absolute atomic E-state index is 0.186. The number of hydrogen-bond acceptors (Lipinski definition) is 5. The van der Waals surface area contributed by atoms with Crippen molar-refractivity contribution in [1.29, 1.82) is 0 Å². The van der Waals surface area contributed by atoms with Gasteiger partial charge in [-0.3, -0.25) is 14.5 Å². The van der Waals surface area contributed by atoms with E-state index in [0.717, 1.165) is 10.6 Å². The summed E-state index contributed by atoms with van der Waals surface area (Å²) < 4.78 is 26.5. The zero-order valence-corrected chi connectivity index (χ0v) is 15.8. The predicted octanol–water partition coefficient (Wildman–Crippen LogP) is 2.02. The molecule has 1 aliphatic heterocycles. The molecule has 1 aliphatic rings. The smallest absolute Gasteiger partial charge is 0.263 e. The summed E-state index contributed by atoms with van der Waals surface area (Å²) in [6.45, 7) is 2.15. The van der Waals surface area contributed by atoms with Gasteiger partial charge in [-0.1, -0.05) is 30.3 Å². The summed E-state index contributed by atoms with van der Waals surface area (Å²) in [4.78, 5) is 17.8. The number of thioether (sulfide) groups is 1. The van der Waals surface area contributed by atoms with Gasteiger partial charge in [0.1, 0.15) is 11.9 Å². The fraction of sp³-hybridized carbons (Fsp3) is 0.222. The summed E-state index contributed by atoms with van der Waals surface area (Å²) in [6.07, 6.45) is 0. The van der Waals surface area contributed by atoms with Crippen LogP contribution in [-0.2, 0) is 14.8 Å². The predicted molar refractivity (Wildman–Crippen MR) is 103 cm³/mol. The van der Waals surface area contributed by atoms with Gasteiger partial charge in [0.25, 0.3) is 10.0 Å². The lowest BCUT2D eigenvalue weighted by Crippen LogP contribution is -2.35. The SMILES string of the molecule is C[C@H](N=C1NS(=O)(=O)c2ccccc21)C(=O)NCCSc1ccccc1. The van der Waals surface area contributed by atoms with Crippen LogP contribution in [0.3, 0.4) is 0 Å². The molecule has 2 aromatic rings. The molecule has 6 nitrogen and oxygen atoms in total. The van der Waals surface area contributed by atoms with Crippen molar-refractivity contribution in [3.8, 4) is 0 Å². The van der Waals surface area contributed by atoms with Crippen LogP contribution in [0.1, 0.15) is 12.5 Å². The molecule has 3 rings (SSSR count). The third kappa shape index (κ3) is 4.25. The monoisotopic (exact) mass is 389 g/mol. The van der Waals surface area contributed by atoms with E-state index in [0.29, 0.717) is 12.1 Å². The van der Waals surface area contributed by atoms with E-state index in [2.05, 4.69) is 15.0 Å². The number of amides is 1. The van der Waals surface area contributed by atoms with Gasteiger partial charge in [0.15, 0.2) is 0 Å². The average molecular weight is 390 g/mol. The number of benzene rings is 2. The van der Waals surface area contributed by atoms with Crippen LogP contribution in [0.4, 0.5) is 0 Å². The third-order valence-electron chi connectivity index (χ3n) is 3.78. The van der Waals surface area contributed by atoms with E-state index in [1.807, 2.05) is 30.3 Å². The van der Waals surface area contributed by atoms with E-state index in [1.165, 1.54) is 6.07 Å². The van der Waals surface area contributed by atoms with E-state index in [9.17, 15) is 13.2 Å². The van der Waals surface area contributed by atoms with E-state index >= 15 is 0 Å². The van der Waals surface area contributed by atoms with E-state index < -0.39 is 16.1 Å². The molecule has 0 bridgehead atoms. The Kier molecular flexibility index (Phi) is 5.63. The first-order valence-corrected chi connectivity index (χ1v) is 10.6. The van der Waals surface area contributed by atoms with Crippen molar-refractivity contribution in [2.24, 2.45) is 4.99 Å². The van der Waals surface area contributed by atoms with Gasteiger partial charge in [0, 0.05) is 22.8 Å². The van der Waals surface area contributed by atoms with Gasteiger partial charge in [-0.2, -0.15) is 0 Å². The molecule has 0 saturated carbocycles. The van der Waals surface area contributed by atoms with Crippen molar-refractivity contribution in [3.63, 3.8) is 0 Å². The highest BCUT2D eigenvalue weighted by Gasteiger charge is 2.31. The molecule has 0 aromatic heterocycles. The van der Waals surface area contributed by atoms with E-state index in [4.69, 9.17) is 0 Å². The summed E-state index contributed by atoms with van der Waals surface area (Å²) in [7, 11) is -3.59. The van der Waals surface area contributed by atoms with Crippen molar-refractivity contribution in [2.75, 3.05) is 12.3 Å². The van der Waals surface area contributed by atoms with Gasteiger partial charge in [0.2, 0.25) is 5.91 Å². The van der Waals surface area contributed by atoms with Crippen molar-refractivity contribution in [3.05, 3.63) is 60.2 Å². The lowest BCUT2D eigenvalue weighted by atomic mass is 10.2. The number of nitrogens with zero attached hydrogens (tertiary/aromatic N) is 1. The molecule has 8 heteroatoms. The van der Waals surface area contributed by atoms with Crippen molar-refractivity contribution in [1.82, 2.24) is 10.0 Å². The largest absolute Gasteiger partial charge is 0.353 e. The van der Waals surface area contributed by atoms with Crippen LogP contribution in [0.5, 0.6) is 0 Å². The minimum Gasteiger partial charge on any atom is -0.353 e. The molecule has 1 atom stereocenters. The molecule has 136 valence electrons. The Morgan fingerprint density at radius 1 is 1.15 bits per heavy atom. The number of rotatable bonds is 6. The fourth-order valence-corrected chi connectivity index (χ4v) is 4.52. The first-order valence-electron chi connectivity index (χ1n) is 8.13. The Bertz CT molecular complexity index is 928. The minimum atomic E-state index is -3.59. The number of nitrogens with one attached hydrogen (secondary N) is 2. The van der Waals surface area contributed by atoms with Crippen LogP contribution >= 0.6 is 11.8 Å². The molecular weight excluding hydrogens is 370 g/mol. The Hall–Kier alpha value is -2.32. The summed E-state index contributed by atoms with van der Waals surface area (Å²) in [6, 6.07) is 15.8. The van der Waals surface area contributed by atoms with Gasteiger partial charge < -0.3 is 5.32 Å². The van der Waals surface area contributed by atoms with Gasteiger partial charge in [-0.25, -0.2) is 8.42 Å². The quantitative estimate of drug-likeness (QED) is 0.584. The first kappa shape index (κ1) is 18.5. The van der Waals surface area contributed by atoms with Gasteiger partial charge in [-0.05, 0) is 31.2 Å². The molecule has 0 fully saturated rings. The van der Waals surface area contributed by atoms with Crippen LogP contribution in [0, 0.1) is 0 Å². The molecular formula is C18H19N3O3S2. The molecule has 2 N–H and O–H groups in total. The number of sulfonamides is 1. The van der Waals surface area contributed by atoms with Gasteiger partial charge in [0.05, 0.1) is 4.90 Å². The van der Waals surface area contributed by atoms with Crippen molar-refractivity contribution < 1.29 is 13.2 Å². The third-order valence-corrected chi connectivity index (χ3v) is 6.19. The van der Waals surface area contributed by atoms with Crippen LogP contribution in [0.2, 0.25) is 0 Å². The maximum atomic E-state index is 12.2. The summed E-state index contributed by atoms with van der Waals surface area (Å²) in [5.74, 6) is 0.714. The second-order valence-corrected chi connectivity index (χ2v) is 8.53. The van der Waals surface area contributed by atoms with Crippen molar-refractivity contribution >= 4 is 33.5 Å². The summed E-state index contributed by atoms with van der Waals surface area (Å²) >= 11 is 1.66. The maximum Gasteiger partial charge on any atom is 0.263 e. The highest BCUT2D eigenvalue weighted by molar-refractivity contribution is 7.99. The zero-order valence-electron chi connectivity index (χ0n) is 14.2. The normalized spacial score (nSPS) is 17.3. The highest BCUT2D eigenvalue weighted by atomic mass is 32.2. The number of carbonyl (C=O) groups is 1. The Morgan fingerprint density at radius 3 is 2.62 bits per heavy atom. The molecule has 1 heterocycles. The molecule has 2 aromatic carbocycles. The first-order chi connectivity index (χ1) is 12.5. The molecule has 1 amide bonds. The molecule has 26 heavy (non-hydrogen) atoms. The van der Waals surface area contributed by atoms with Crippen LogP contribution in [-0.4, -0.2) is 38.5 Å². The van der Waals surface area contributed by atoms with E-state index in [1.54, 1.807) is 36.9 Å². The van der Waals surface area contributed by atoms with Gasteiger partial charge >= 0.3 is 0 Å². The standard InChI is InChI=1S/C18H19N3O3S2/c1-13(18(22)19-11-12-25-14-7-3-2-4-8-14)20-17-15-9-5-6-10-16(15)26(23,24)21-17/h2-10,13H,11-12H2,1H3,(H,19,22)(H,20,21)/t13-/m0/s1. The number of aliphatic imine (C=N–C) groups is 1. The molecule has 0 aliphatic carbocycles. The fourth-order valence-electron chi connectivity index (χ4n) is 2.49. The molecule has 0 spiro atoms. The lowest BCUT2D eigenvalue weighted by Gasteiger charge is -2.09. The average Bonchev–Trinajstić information content (AvgIpc) is 2.90. The Labute approximate surface area is 157 Å². The Balaban J connectivity index is 1.57.